The molecule has 1 atom stereocenters. The van der Waals surface area contributed by atoms with E-state index < -0.39 is 27.4 Å². The van der Waals surface area contributed by atoms with Gasteiger partial charge in [0.25, 0.3) is 0 Å². The average Bonchev–Trinajstić information content (AvgIpc) is 3.55. The van der Waals surface area contributed by atoms with Crippen LogP contribution in [0, 0.1) is 5.92 Å². The molecule has 1 aliphatic heterocycles. The van der Waals surface area contributed by atoms with Gasteiger partial charge in [0.05, 0.1) is 0 Å². The molecule has 0 nitrogen and oxygen atoms in total. The van der Waals surface area contributed by atoms with Crippen molar-refractivity contribution in [2.45, 2.75) is 83.2 Å². The Labute approximate surface area is 279 Å². The van der Waals surface area contributed by atoms with Gasteiger partial charge in [-0.3, -0.25) is 0 Å². The van der Waals surface area contributed by atoms with Crippen LogP contribution in [0.5, 0.6) is 0 Å². The second-order valence-electron chi connectivity index (χ2n) is 15.0. The molecular weight excluding hydrogens is 671 g/mol. The first kappa shape index (κ1) is 32.2. The molecule has 0 N–H and O–H groups in total. The Morgan fingerprint density at radius 2 is 1.36 bits per heavy atom. The van der Waals surface area contributed by atoms with Crippen molar-refractivity contribution in [1.29, 1.82) is 0 Å². The fourth-order valence-corrected chi connectivity index (χ4v) is 24.5. The van der Waals surface area contributed by atoms with Gasteiger partial charge in [-0.15, -0.1) is 0 Å². The molecule has 44 heavy (non-hydrogen) atoms. The van der Waals surface area contributed by atoms with Crippen LogP contribution >= 0.6 is 17.0 Å². The topological polar surface area (TPSA) is 0 Å². The first-order chi connectivity index (χ1) is 20.7. The molecule has 0 amide bonds. The second kappa shape index (κ2) is 11.8. The van der Waals surface area contributed by atoms with Crippen LogP contribution in [0.3, 0.4) is 0 Å². The van der Waals surface area contributed by atoms with E-state index in [0.717, 1.165) is 0 Å². The first-order valence-electron chi connectivity index (χ1n) is 16.3. The maximum atomic E-state index is 7.98. The van der Waals surface area contributed by atoms with E-state index in [1.165, 1.54) is 69.3 Å². The summed E-state index contributed by atoms with van der Waals surface area (Å²) in [6, 6.07) is 27.8. The number of hydrogen-bond donors (Lipinski definition) is 0. The summed E-state index contributed by atoms with van der Waals surface area (Å²) in [6.45, 7) is 20.9. The van der Waals surface area contributed by atoms with Gasteiger partial charge in [0, 0.05) is 0 Å². The summed E-state index contributed by atoms with van der Waals surface area (Å²) in [6.07, 6.45) is 2.50. The van der Waals surface area contributed by atoms with Gasteiger partial charge in [0.15, 0.2) is 0 Å². The molecule has 1 aliphatic carbocycles. The third kappa shape index (κ3) is 5.51. The Morgan fingerprint density at radius 1 is 0.727 bits per heavy atom. The molecular formula is C40H46Cl2SiZr. The van der Waals surface area contributed by atoms with Crippen molar-refractivity contribution in [3.05, 3.63) is 106 Å². The summed E-state index contributed by atoms with van der Waals surface area (Å²) in [5, 5.41) is 3.00. The molecule has 4 aromatic carbocycles. The molecule has 0 radical (unpaired) electrons. The van der Waals surface area contributed by atoms with Crippen LogP contribution in [0.25, 0.3) is 28.3 Å². The Hall–Kier alpha value is -1.70. The predicted molar refractivity (Wildman–Crippen MR) is 195 cm³/mol. The van der Waals surface area contributed by atoms with Gasteiger partial charge in [-0.05, 0) is 0 Å². The molecule has 0 spiro atoms. The van der Waals surface area contributed by atoms with E-state index in [-0.39, 0.29) is 9.04 Å². The molecule has 1 heterocycles. The summed E-state index contributed by atoms with van der Waals surface area (Å²) in [4.78, 5) is 0. The fraction of sp³-hybridized carbons (Fsp3) is 0.350. The van der Waals surface area contributed by atoms with Gasteiger partial charge in [0.1, 0.15) is 0 Å². The summed E-state index contributed by atoms with van der Waals surface area (Å²) >= 11 is -4.06. The standard InChI is InChI=1S/C28H37.C12H9Si.2ClH.Zr/c1-17(2)21-13-22(18(3)4)15-24(14-21)27-25-16-23(19(5)6)12-20(25)10-11-26(27)28(7,8)9;1-3-7-11-9(5-1)10-6-2-4-8-12(10)13-11;;;/h10-19H,1-9H3;1-7H,13H2;2*1H;/q;;;;+2/p-2. The van der Waals surface area contributed by atoms with E-state index in [4.69, 9.17) is 17.0 Å². The monoisotopic (exact) mass is 714 g/mol. The van der Waals surface area contributed by atoms with Crippen molar-refractivity contribution >= 4 is 46.3 Å². The first-order valence-corrected chi connectivity index (χ1v) is 26.7. The summed E-state index contributed by atoms with van der Waals surface area (Å²) < 4.78 is 1.38. The third-order valence-electron chi connectivity index (χ3n) is 9.88. The van der Waals surface area contributed by atoms with Crippen molar-refractivity contribution in [2.75, 3.05) is 0 Å². The Balaban J connectivity index is 1.60. The fourth-order valence-electron chi connectivity index (χ4n) is 7.43. The molecule has 4 aromatic rings. The van der Waals surface area contributed by atoms with Gasteiger partial charge in [0.2, 0.25) is 0 Å². The number of benzene rings is 4. The number of allylic oxidation sites excluding steroid dienone is 1. The molecule has 228 valence electrons. The zero-order valence-electron chi connectivity index (χ0n) is 27.8. The van der Waals surface area contributed by atoms with E-state index in [0.29, 0.717) is 17.8 Å². The van der Waals surface area contributed by atoms with Crippen LogP contribution in [0.4, 0.5) is 0 Å². The Kier molecular flexibility index (Phi) is 8.67. The van der Waals surface area contributed by atoms with Crippen LogP contribution < -0.4 is 13.6 Å². The summed E-state index contributed by atoms with van der Waals surface area (Å²) in [7, 11) is 15.3. The number of halogens is 2. The molecule has 4 heteroatoms. The molecule has 1 unspecified atom stereocenters. The maximum absolute atomic E-state index is 7.98. The predicted octanol–water partition coefficient (Wildman–Crippen LogP) is 9.88. The summed E-state index contributed by atoms with van der Waals surface area (Å²) in [5.74, 6) is 1.27. The van der Waals surface area contributed by atoms with Crippen molar-refractivity contribution < 1.29 is 17.9 Å². The molecule has 0 aromatic heterocycles. The quantitative estimate of drug-likeness (QED) is 0.154. The van der Waals surface area contributed by atoms with Crippen molar-refractivity contribution in [3.8, 4) is 22.3 Å². The molecule has 0 saturated heterocycles. The Bertz CT molecular complexity index is 1760. The number of rotatable bonds is 6. The van der Waals surface area contributed by atoms with E-state index in [2.05, 4.69) is 141 Å². The molecule has 0 fully saturated rings. The number of hydrogen-bond acceptors (Lipinski definition) is 0. The van der Waals surface area contributed by atoms with Crippen LogP contribution in [0.1, 0.15) is 106 Å². The second-order valence-corrected chi connectivity index (χ2v) is 30.8. The minimum atomic E-state index is -4.06. The van der Waals surface area contributed by atoms with Crippen molar-refractivity contribution in [3.63, 3.8) is 0 Å². The SMILES string of the molecule is CC(C)C1=Cc2c(ccc(C(C)(C)C)c2-c2cc(C(C)C)cc(C(C)C)c2)[CH]1[Zr]([Cl])([Cl])[c]1cccc2c1[SiH2]c1ccccc1-2. The van der Waals surface area contributed by atoms with Gasteiger partial charge >= 0.3 is 282 Å². The molecule has 6 rings (SSSR count). The van der Waals surface area contributed by atoms with Gasteiger partial charge in [-0.1, -0.05) is 0 Å². The average molecular weight is 717 g/mol. The third-order valence-corrected chi connectivity index (χ3v) is 24.1. The molecule has 0 bridgehead atoms. The zero-order chi connectivity index (χ0) is 31.7. The zero-order valence-corrected chi connectivity index (χ0v) is 33.2. The van der Waals surface area contributed by atoms with Gasteiger partial charge in [-0.2, -0.15) is 0 Å². The van der Waals surface area contributed by atoms with Crippen LogP contribution in [0.2, 0.25) is 0 Å². The van der Waals surface area contributed by atoms with Crippen LogP contribution in [0.15, 0.2) is 78.4 Å². The number of fused-ring (bicyclic) bond motifs is 4. The van der Waals surface area contributed by atoms with Crippen molar-refractivity contribution in [1.82, 2.24) is 0 Å². The minimum absolute atomic E-state index is 0.0138. The van der Waals surface area contributed by atoms with Crippen LogP contribution in [-0.4, -0.2) is 9.52 Å². The normalized spacial score (nSPS) is 16.6. The van der Waals surface area contributed by atoms with E-state index >= 15 is 0 Å². The van der Waals surface area contributed by atoms with Crippen LogP contribution in [-0.2, 0) is 23.3 Å². The summed E-state index contributed by atoms with van der Waals surface area (Å²) in [5.41, 5.74) is 13.7. The Morgan fingerprint density at radius 3 is 1.98 bits per heavy atom. The van der Waals surface area contributed by atoms with E-state index in [1.807, 2.05) is 0 Å². The molecule has 0 saturated carbocycles. The van der Waals surface area contributed by atoms with Crippen molar-refractivity contribution in [2.24, 2.45) is 5.92 Å². The van der Waals surface area contributed by atoms with E-state index in [9.17, 15) is 0 Å². The van der Waals surface area contributed by atoms with E-state index in [1.54, 1.807) is 0 Å². The van der Waals surface area contributed by atoms with Gasteiger partial charge < -0.3 is 0 Å². The van der Waals surface area contributed by atoms with Gasteiger partial charge in [-0.25, -0.2) is 0 Å². The molecule has 2 aliphatic rings.